The lowest BCUT2D eigenvalue weighted by Crippen LogP contribution is -2.26. The summed E-state index contributed by atoms with van der Waals surface area (Å²) in [6, 6.07) is 8.29. The number of fused-ring (bicyclic) bond motifs is 2. The molecule has 1 aromatic rings. The van der Waals surface area contributed by atoms with Crippen LogP contribution in [-0.4, -0.2) is 41.7 Å². The molecule has 0 spiro atoms. The summed E-state index contributed by atoms with van der Waals surface area (Å²) in [6.07, 6.45) is 9.98. The van der Waals surface area contributed by atoms with Crippen LogP contribution in [0.4, 0.5) is 4.79 Å². The molecule has 1 aliphatic heterocycles. The van der Waals surface area contributed by atoms with Gasteiger partial charge in [-0.15, -0.1) is 0 Å². The number of amides is 1. The second kappa shape index (κ2) is 12.9. The molecule has 1 aromatic carbocycles. The topological polar surface area (TPSA) is 61.8 Å². The van der Waals surface area contributed by atoms with Crippen molar-refractivity contribution in [2.45, 2.75) is 62.7 Å². The fraction of sp³-hybridized carbons (Fsp3) is 0.650. The zero-order chi connectivity index (χ0) is 18.5. The lowest BCUT2D eigenvalue weighted by atomic mass is 10.1. The van der Waals surface area contributed by atoms with Crippen molar-refractivity contribution < 1.29 is 14.6 Å². The number of carbonyl (C=O) groups is 1. The van der Waals surface area contributed by atoms with E-state index in [0.717, 1.165) is 38.3 Å². The molecule has 1 amide bonds. The molecule has 26 heavy (non-hydrogen) atoms. The van der Waals surface area contributed by atoms with Crippen molar-refractivity contribution in [3.8, 4) is 5.75 Å². The monoisotopic (exact) mass is 380 g/mol. The lowest BCUT2D eigenvalue weighted by Gasteiger charge is -2.21. The Hall–Kier alpha value is -1.40. The Balaban J connectivity index is 1.91. The molecular weight excluding hydrogens is 348 g/mol. The maximum atomic E-state index is 10.6. The molecule has 1 aliphatic rings. The number of hydrogen-bond donors (Lipinski definition) is 2. The van der Waals surface area contributed by atoms with E-state index in [1.165, 1.54) is 49.8 Å². The fourth-order valence-electron chi connectivity index (χ4n) is 3.06. The van der Waals surface area contributed by atoms with Crippen LogP contribution >= 0.6 is 11.9 Å². The Morgan fingerprint density at radius 1 is 1.12 bits per heavy atom. The van der Waals surface area contributed by atoms with Crippen LogP contribution in [0.1, 0.15) is 57.8 Å². The van der Waals surface area contributed by atoms with Gasteiger partial charge in [0.15, 0.2) is 0 Å². The molecule has 0 radical (unpaired) electrons. The molecule has 5 nitrogen and oxygen atoms in total. The minimum absolute atomic E-state index is 0.496. The number of rotatable bonds is 4. The maximum Gasteiger partial charge on any atom is 0.404 e. The van der Waals surface area contributed by atoms with Gasteiger partial charge >= 0.3 is 6.09 Å². The van der Waals surface area contributed by atoms with Crippen LogP contribution in [0.3, 0.4) is 0 Å². The fourth-order valence-corrected chi connectivity index (χ4v) is 4.11. The van der Waals surface area contributed by atoms with Gasteiger partial charge in [0.1, 0.15) is 5.75 Å². The van der Waals surface area contributed by atoms with Crippen LogP contribution in [0, 0.1) is 0 Å². The van der Waals surface area contributed by atoms with E-state index in [-0.39, 0.29) is 0 Å². The van der Waals surface area contributed by atoms with Crippen LogP contribution in [0.25, 0.3) is 0 Å². The molecule has 6 heteroatoms. The zero-order valence-electron chi connectivity index (χ0n) is 15.6. The summed E-state index contributed by atoms with van der Waals surface area (Å²) >= 11 is 1.75. The van der Waals surface area contributed by atoms with Crippen LogP contribution in [0.2, 0.25) is 0 Å². The Morgan fingerprint density at radius 3 is 2.62 bits per heavy atom. The van der Waals surface area contributed by atoms with E-state index >= 15 is 0 Å². The summed E-state index contributed by atoms with van der Waals surface area (Å²) in [5.74, 6) is 0.939. The van der Waals surface area contributed by atoms with E-state index in [2.05, 4.69) is 21.8 Å². The summed E-state index contributed by atoms with van der Waals surface area (Å²) in [4.78, 5) is 11.8. The van der Waals surface area contributed by atoms with Crippen molar-refractivity contribution in [3.63, 3.8) is 0 Å². The van der Waals surface area contributed by atoms with Gasteiger partial charge in [0.05, 0.1) is 6.61 Å². The highest BCUT2D eigenvalue weighted by Crippen LogP contribution is 2.27. The molecule has 0 saturated heterocycles. The predicted molar refractivity (Wildman–Crippen MR) is 107 cm³/mol. The summed E-state index contributed by atoms with van der Waals surface area (Å²) in [7, 11) is 0. The molecule has 2 rings (SSSR count). The Labute approximate surface area is 161 Å². The molecular formula is C20H32N2O3S. The van der Waals surface area contributed by atoms with Crippen molar-refractivity contribution in [1.29, 1.82) is 0 Å². The highest BCUT2D eigenvalue weighted by Gasteiger charge is 2.09. The van der Waals surface area contributed by atoms with Gasteiger partial charge in [-0.2, -0.15) is 0 Å². The average molecular weight is 381 g/mol. The highest BCUT2D eigenvalue weighted by atomic mass is 32.2. The van der Waals surface area contributed by atoms with E-state index < -0.39 is 6.09 Å². The molecule has 2 N–H and O–H groups in total. The number of nitrogens with one attached hydrogen (secondary N) is 1. The minimum atomic E-state index is -0.949. The number of nitrogens with zero attached hydrogens (tertiary/aromatic N) is 1. The van der Waals surface area contributed by atoms with Crippen molar-refractivity contribution in [1.82, 2.24) is 9.62 Å². The quantitative estimate of drug-likeness (QED) is 0.557. The number of benzene rings is 1. The van der Waals surface area contributed by atoms with Crippen LogP contribution in [-0.2, 0) is 0 Å². The third-order valence-electron chi connectivity index (χ3n) is 4.47. The molecule has 0 aromatic heterocycles. The van der Waals surface area contributed by atoms with Gasteiger partial charge in [-0.1, -0.05) is 44.6 Å². The van der Waals surface area contributed by atoms with Gasteiger partial charge in [0, 0.05) is 24.5 Å². The second-order valence-corrected chi connectivity index (χ2v) is 7.93. The molecule has 0 saturated carbocycles. The SMILES string of the molecule is O=C(O)NCCCN1CCCCCCCCCCOc2cccc(c2)S1. The molecule has 0 fully saturated rings. The molecule has 0 unspecified atom stereocenters. The number of hydrogen-bond acceptors (Lipinski definition) is 4. The minimum Gasteiger partial charge on any atom is -0.494 e. The van der Waals surface area contributed by atoms with Crippen molar-refractivity contribution in [2.75, 3.05) is 26.2 Å². The van der Waals surface area contributed by atoms with E-state index in [1.807, 2.05) is 12.1 Å². The first-order valence-corrected chi connectivity index (χ1v) is 10.6. The third kappa shape index (κ3) is 9.34. The normalized spacial score (nSPS) is 18.0. The lowest BCUT2D eigenvalue weighted by molar-refractivity contribution is 0.194. The predicted octanol–water partition coefficient (Wildman–Crippen LogP) is 5.17. The highest BCUT2D eigenvalue weighted by molar-refractivity contribution is 7.97. The van der Waals surface area contributed by atoms with Gasteiger partial charge in [-0.3, -0.25) is 0 Å². The van der Waals surface area contributed by atoms with Crippen LogP contribution < -0.4 is 10.1 Å². The number of carboxylic acid groups (broad SMARTS) is 1. The summed E-state index contributed by atoms with van der Waals surface area (Å²) in [5.41, 5.74) is 0. The summed E-state index contributed by atoms with van der Waals surface area (Å²) < 4.78 is 8.26. The Bertz CT molecular complexity index is 528. The molecule has 2 bridgehead atoms. The zero-order valence-corrected chi connectivity index (χ0v) is 16.4. The molecule has 146 valence electrons. The van der Waals surface area contributed by atoms with Crippen LogP contribution in [0.15, 0.2) is 29.2 Å². The first kappa shape index (κ1) is 20.9. The second-order valence-electron chi connectivity index (χ2n) is 6.76. The molecule has 1 heterocycles. The standard InChI is InChI=1S/C20H32N2O3S/c23-20(24)21-13-10-15-22-14-7-5-3-1-2-4-6-8-16-25-18-11-9-12-19(17-18)26-22/h9,11-12,17,21H,1-8,10,13-16H2,(H,23,24). The van der Waals surface area contributed by atoms with Crippen molar-refractivity contribution in [2.24, 2.45) is 0 Å². The van der Waals surface area contributed by atoms with E-state index in [4.69, 9.17) is 9.84 Å². The summed E-state index contributed by atoms with van der Waals surface area (Å²) in [5, 5.41) is 11.1. The van der Waals surface area contributed by atoms with Gasteiger partial charge < -0.3 is 15.2 Å². The average Bonchev–Trinajstić information content (AvgIpc) is 2.62. The first-order valence-electron chi connectivity index (χ1n) is 9.86. The van der Waals surface area contributed by atoms with Crippen LogP contribution in [0.5, 0.6) is 5.75 Å². The van der Waals surface area contributed by atoms with E-state index in [1.54, 1.807) is 11.9 Å². The molecule has 0 aliphatic carbocycles. The molecule has 0 atom stereocenters. The van der Waals surface area contributed by atoms with Gasteiger partial charge in [-0.05, 0) is 49.4 Å². The Morgan fingerprint density at radius 2 is 1.85 bits per heavy atom. The van der Waals surface area contributed by atoms with Crippen molar-refractivity contribution in [3.05, 3.63) is 24.3 Å². The van der Waals surface area contributed by atoms with E-state index in [0.29, 0.717) is 6.54 Å². The van der Waals surface area contributed by atoms with Gasteiger partial charge in [0.25, 0.3) is 0 Å². The first-order chi connectivity index (χ1) is 12.7. The largest absolute Gasteiger partial charge is 0.494 e. The maximum absolute atomic E-state index is 10.6. The smallest absolute Gasteiger partial charge is 0.404 e. The Kier molecular flexibility index (Phi) is 10.4. The third-order valence-corrected chi connectivity index (χ3v) is 5.56. The van der Waals surface area contributed by atoms with Crippen molar-refractivity contribution >= 4 is 18.0 Å². The van der Waals surface area contributed by atoms with Gasteiger partial charge in [-0.25, -0.2) is 9.10 Å². The summed E-state index contributed by atoms with van der Waals surface area (Å²) in [6.45, 7) is 3.19. The number of ether oxygens (including phenoxy) is 1. The van der Waals surface area contributed by atoms with Gasteiger partial charge in [0.2, 0.25) is 0 Å². The van der Waals surface area contributed by atoms with E-state index in [9.17, 15) is 4.79 Å².